The first kappa shape index (κ1) is 9.79. The van der Waals surface area contributed by atoms with Gasteiger partial charge >= 0.3 is 0 Å². The molecule has 1 nitrogen and oxygen atoms in total. The van der Waals surface area contributed by atoms with Gasteiger partial charge in [0.1, 0.15) is 6.07 Å². The Hall–Kier alpha value is -0.300. The van der Waals surface area contributed by atoms with E-state index in [1.54, 1.807) is 6.07 Å². The molecule has 0 heterocycles. The van der Waals surface area contributed by atoms with E-state index in [4.69, 9.17) is 28.5 Å². The molecule has 62 valence electrons. The van der Waals surface area contributed by atoms with Crippen LogP contribution in [0.15, 0.2) is 10.5 Å². The molecule has 0 aliphatic rings. The highest BCUT2D eigenvalue weighted by Gasteiger charge is 2.13. The number of hydrogen-bond acceptors (Lipinski definition) is 1. The van der Waals surface area contributed by atoms with Gasteiger partial charge in [-0.25, -0.2) is 4.39 Å². The lowest BCUT2D eigenvalue weighted by atomic mass is 10.2. The fourth-order valence-corrected chi connectivity index (χ4v) is 1.54. The van der Waals surface area contributed by atoms with Crippen LogP contribution in [0.5, 0.6) is 0 Å². The first-order valence-corrected chi connectivity index (χ1v) is 4.36. The van der Waals surface area contributed by atoms with Crippen molar-refractivity contribution in [3.63, 3.8) is 0 Å². The second kappa shape index (κ2) is 3.61. The van der Waals surface area contributed by atoms with E-state index in [0.717, 1.165) is 0 Å². The zero-order valence-electron chi connectivity index (χ0n) is 5.54. The van der Waals surface area contributed by atoms with Crippen LogP contribution in [0.3, 0.4) is 0 Å². The Labute approximate surface area is 86.8 Å². The summed E-state index contributed by atoms with van der Waals surface area (Å²) in [5.74, 6) is -0.785. The highest BCUT2D eigenvalue weighted by atomic mass is 79.9. The molecule has 1 aromatic carbocycles. The lowest BCUT2D eigenvalue weighted by Gasteiger charge is -2.01. The predicted octanol–water partition coefficient (Wildman–Crippen LogP) is 3.77. The lowest BCUT2D eigenvalue weighted by molar-refractivity contribution is 0.624. The van der Waals surface area contributed by atoms with Gasteiger partial charge in [-0.2, -0.15) is 5.26 Å². The van der Waals surface area contributed by atoms with Crippen LogP contribution < -0.4 is 0 Å². The van der Waals surface area contributed by atoms with Gasteiger partial charge in [0.2, 0.25) is 0 Å². The number of halogens is 4. The maximum absolute atomic E-state index is 13.0. The van der Waals surface area contributed by atoms with E-state index in [1.807, 2.05) is 0 Å². The summed E-state index contributed by atoms with van der Waals surface area (Å²) in [6.45, 7) is 0. The quantitative estimate of drug-likeness (QED) is 0.519. The maximum Gasteiger partial charge on any atom is 0.161 e. The number of nitrogens with zero attached hydrogens (tertiary/aromatic N) is 1. The van der Waals surface area contributed by atoms with Crippen LogP contribution in [0.2, 0.25) is 10.0 Å². The number of benzene rings is 1. The van der Waals surface area contributed by atoms with Crippen molar-refractivity contribution >= 4 is 39.1 Å². The predicted molar refractivity (Wildman–Crippen MR) is 48.8 cm³/mol. The standard InChI is InChI=1S/C7HBrCl2FN/c8-4-1-3(2-12)7(11)6(10)5(4)9/h1H. The van der Waals surface area contributed by atoms with Crippen LogP contribution in [0.25, 0.3) is 0 Å². The Morgan fingerprint density at radius 2 is 2.00 bits per heavy atom. The van der Waals surface area contributed by atoms with Crippen molar-refractivity contribution in [1.82, 2.24) is 0 Å². The Morgan fingerprint density at radius 3 is 2.50 bits per heavy atom. The van der Waals surface area contributed by atoms with Crippen LogP contribution in [0.4, 0.5) is 4.39 Å². The van der Waals surface area contributed by atoms with Gasteiger partial charge in [-0.15, -0.1) is 0 Å². The summed E-state index contributed by atoms with van der Waals surface area (Å²) >= 11 is 14.1. The molecule has 0 fully saturated rings. The van der Waals surface area contributed by atoms with Crippen molar-refractivity contribution < 1.29 is 4.39 Å². The molecule has 0 aliphatic heterocycles. The minimum Gasteiger partial charge on any atom is -0.204 e. The smallest absolute Gasteiger partial charge is 0.161 e. The molecule has 0 aliphatic carbocycles. The summed E-state index contributed by atoms with van der Waals surface area (Å²) in [6.07, 6.45) is 0. The van der Waals surface area contributed by atoms with E-state index >= 15 is 0 Å². The molecular weight excluding hydrogens is 268 g/mol. The van der Waals surface area contributed by atoms with Crippen LogP contribution >= 0.6 is 39.1 Å². The van der Waals surface area contributed by atoms with Crippen molar-refractivity contribution in [2.75, 3.05) is 0 Å². The molecule has 5 heteroatoms. The van der Waals surface area contributed by atoms with Crippen molar-refractivity contribution in [1.29, 1.82) is 5.26 Å². The average molecular weight is 269 g/mol. The van der Waals surface area contributed by atoms with Crippen molar-refractivity contribution in [3.05, 3.63) is 32.0 Å². The maximum atomic E-state index is 13.0. The van der Waals surface area contributed by atoms with E-state index < -0.39 is 5.82 Å². The largest absolute Gasteiger partial charge is 0.204 e. The van der Waals surface area contributed by atoms with Gasteiger partial charge in [-0.1, -0.05) is 23.2 Å². The van der Waals surface area contributed by atoms with Gasteiger partial charge in [0.05, 0.1) is 15.6 Å². The SMILES string of the molecule is N#Cc1cc(Br)c(Cl)c(Cl)c1F. The lowest BCUT2D eigenvalue weighted by Crippen LogP contribution is -1.86. The van der Waals surface area contributed by atoms with Gasteiger partial charge in [0.25, 0.3) is 0 Å². The first-order valence-electron chi connectivity index (χ1n) is 2.81. The van der Waals surface area contributed by atoms with E-state index in [0.29, 0.717) is 4.47 Å². The normalized spacial score (nSPS) is 9.58. The number of rotatable bonds is 0. The van der Waals surface area contributed by atoms with Crippen LogP contribution in [-0.4, -0.2) is 0 Å². The van der Waals surface area contributed by atoms with Crippen LogP contribution in [0.1, 0.15) is 5.56 Å². The van der Waals surface area contributed by atoms with Crippen molar-refractivity contribution in [2.45, 2.75) is 0 Å². The summed E-state index contributed by atoms with van der Waals surface area (Å²) in [4.78, 5) is 0. The van der Waals surface area contributed by atoms with E-state index in [1.165, 1.54) is 6.07 Å². The molecule has 0 bridgehead atoms. The fraction of sp³-hybridized carbons (Fsp3) is 0. The number of hydrogen-bond donors (Lipinski definition) is 0. The van der Waals surface area contributed by atoms with Gasteiger partial charge in [0, 0.05) is 4.47 Å². The van der Waals surface area contributed by atoms with Crippen molar-refractivity contribution in [3.8, 4) is 6.07 Å². The van der Waals surface area contributed by atoms with Gasteiger partial charge in [-0.3, -0.25) is 0 Å². The molecule has 0 spiro atoms. The molecule has 1 aromatic rings. The molecule has 1 rings (SSSR count). The van der Waals surface area contributed by atoms with Gasteiger partial charge in [0.15, 0.2) is 5.82 Å². The third-order valence-corrected chi connectivity index (χ3v) is 2.92. The fourth-order valence-electron chi connectivity index (χ4n) is 0.654. The monoisotopic (exact) mass is 267 g/mol. The summed E-state index contributed by atoms with van der Waals surface area (Å²) < 4.78 is 13.4. The molecular formula is C7HBrCl2FN. The van der Waals surface area contributed by atoms with E-state index in [9.17, 15) is 4.39 Å². The summed E-state index contributed by atoms with van der Waals surface area (Å²) in [5, 5.41) is 8.29. The zero-order chi connectivity index (χ0) is 9.30. The molecule has 12 heavy (non-hydrogen) atoms. The third-order valence-electron chi connectivity index (χ3n) is 1.22. The highest BCUT2D eigenvalue weighted by molar-refractivity contribution is 9.10. The summed E-state index contributed by atoms with van der Waals surface area (Å²) in [5.41, 5.74) is -0.128. The average Bonchev–Trinajstić information content (AvgIpc) is 2.08. The second-order valence-corrected chi connectivity index (χ2v) is 3.57. The third kappa shape index (κ3) is 1.56. The molecule has 0 amide bonds. The minimum atomic E-state index is -0.785. The molecule has 0 saturated heterocycles. The van der Waals surface area contributed by atoms with Crippen molar-refractivity contribution in [2.24, 2.45) is 0 Å². The molecule has 0 aromatic heterocycles. The Balaban J connectivity index is 3.52. The van der Waals surface area contributed by atoms with Gasteiger partial charge in [-0.05, 0) is 22.0 Å². The molecule has 0 unspecified atom stereocenters. The number of nitriles is 1. The topological polar surface area (TPSA) is 23.8 Å². The van der Waals surface area contributed by atoms with E-state index in [2.05, 4.69) is 15.9 Å². The summed E-state index contributed by atoms with van der Waals surface area (Å²) in [6, 6.07) is 2.94. The van der Waals surface area contributed by atoms with Crippen LogP contribution in [0, 0.1) is 17.1 Å². The molecule has 0 N–H and O–H groups in total. The Morgan fingerprint density at radius 1 is 1.42 bits per heavy atom. The Bertz CT molecular complexity index is 373. The second-order valence-electron chi connectivity index (χ2n) is 1.96. The Kier molecular flexibility index (Phi) is 2.94. The van der Waals surface area contributed by atoms with Crippen LogP contribution in [-0.2, 0) is 0 Å². The first-order chi connectivity index (χ1) is 5.57. The van der Waals surface area contributed by atoms with Gasteiger partial charge < -0.3 is 0 Å². The molecule has 0 radical (unpaired) electrons. The highest BCUT2D eigenvalue weighted by Crippen LogP contribution is 2.33. The molecule has 0 atom stereocenters. The minimum absolute atomic E-state index is 0.0770. The van der Waals surface area contributed by atoms with E-state index in [-0.39, 0.29) is 15.6 Å². The molecule has 0 saturated carbocycles. The summed E-state index contributed by atoms with van der Waals surface area (Å²) in [7, 11) is 0. The zero-order valence-corrected chi connectivity index (χ0v) is 8.63.